The van der Waals surface area contributed by atoms with Crippen molar-refractivity contribution in [2.45, 2.75) is 18.7 Å². The van der Waals surface area contributed by atoms with Crippen LogP contribution in [-0.4, -0.2) is 15.0 Å². The molecule has 2 N–H and O–H groups in total. The van der Waals surface area contributed by atoms with Gasteiger partial charge in [-0.25, -0.2) is 13.6 Å². The second-order valence-electron chi connectivity index (χ2n) is 3.73. The second-order valence-corrected chi connectivity index (χ2v) is 5.70. The lowest BCUT2D eigenvalue weighted by atomic mass is 10.3. The molecule has 0 heterocycles. The molecule has 1 aromatic rings. The van der Waals surface area contributed by atoms with E-state index in [1.54, 1.807) is 0 Å². The van der Waals surface area contributed by atoms with Crippen molar-refractivity contribution in [1.29, 1.82) is 0 Å². The van der Waals surface area contributed by atoms with Crippen LogP contribution in [0, 0.1) is 0 Å². The zero-order valence-electron chi connectivity index (χ0n) is 9.60. The van der Waals surface area contributed by atoms with Gasteiger partial charge >= 0.3 is 0 Å². The van der Waals surface area contributed by atoms with Crippen molar-refractivity contribution < 1.29 is 13.2 Å². The lowest BCUT2D eigenvalue weighted by molar-refractivity contribution is 0.362. The number of halogens is 1. The van der Waals surface area contributed by atoms with Crippen LogP contribution in [0.4, 0.5) is 0 Å². The van der Waals surface area contributed by atoms with Gasteiger partial charge in [0.05, 0.1) is 9.92 Å². The molecule has 0 atom stereocenters. The van der Waals surface area contributed by atoms with E-state index in [9.17, 15) is 8.42 Å². The minimum atomic E-state index is -3.73. The number of sulfonamides is 1. The quantitative estimate of drug-likeness (QED) is 0.858. The van der Waals surface area contributed by atoms with E-state index in [2.05, 4.69) is 0 Å². The number of rotatable bonds is 4. The fourth-order valence-corrected chi connectivity index (χ4v) is 1.91. The third-order valence-electron chi connectivity index (χ3n) is 1.96. The highest BCUT2D eigenvalue weighted by atomic mass is 35.5. The molecule has 0 fully saturated rings. The van der Waals surface area contributed by atoms with Gasteiger partial charge in [0.25, 0.3) is 0 Å². The average molecular weight is 276 g/mol. The molecule has 0 unspecified atom stereocenters. The van der Waals surface area contributed by atoms with Gasteiger partial charge in [0.1, 0.15) is 12.4 Å². The molecule has 0 aliphatic rings. The Kier molecular flexibility index (Phi) is 4.56. The smallest absolute Gasteiger partial charge is 0.238 e. The molecule has 0 aliphatic heterocycles. The molecule has 0 aliphatic carbocycles. The van der Waals surface area contributed by atoms with Crippen molar-refractivity contribution in [2.75, 3.05) is 6.61 Å². The molecule has 94 valence electrons. The molecule has 1 aromatic carbocycles. The van der Waals surface area contributed by atoms with E-state index in [0.29, 0.717) is 12.4 Å². The summed E-state index contributed by atoms with van der Waals surface area (Å²) in [5.41, 5.74) is 1.13. The van der Waals surface area contributed by atoms with Gasteiger partial charge in [-0.05, 0) is 38.1 Å². The van der Waals surface area contributed by atoms with Gasteiger partial charge < -0.3 is 4.74 Å². The Hall–Kier alpha value is -1.04. The van der Waals surface area contributed by atoms with Gasteiger partial charge in [0.15, 0.2) is 0 Å². The first-order valence-electron chi connectivity index (χ1n) is 4.89. The topological polar surface area (TPSA) is 69.4 Å². The summed E-state index contributed by atoms with van der Waals surface area (Å²) in [6, 6.07) is 4.12. The molecule has 0 amide bonds. The van der Waals surface area contributed by atoms with Crippen LogP contribution in [0.15, 0.2) is 34.7 Å². The largest absolute Gasteiger partial charge is 0.488 e. The normalized spacial score (nSPS) is 11.1. The predicted octanol–water partition coefficient (Wildman–Crippen LogP) is 2.33. The Bertz CT molecular complexity index is 534. The van der Waals surface area contributed by atoms with E-state index in [0.717, 1.165) is 5.57 Å². The minimum absolute atomic E-state index is 0.0305. The maximum Gasteiger partial charge on any atom is 0.238 e. The maximum absolute atomic E-state index is 11.1. The van der Waals surface area contributed by atoms with Gasteiger partial charge in [0, 0.05) is 0 Å². The highest BCUT2D eigenvalue weighted by molar-refractivity contribution is 7.89. The van der Waals surface area contributed by atoms with E-state index in [4.69, 9.17) is 21.5 Å². The Labute approximate surface area is 106 Å². The zero-order valence-corrected chi connectivity index (χ0v) is 11.2. The van der Waals surface area contributed by atoms with Crippen LogP contribution >= 0.6 is 11.6 Å². The number of benzene rings is 1. The third-order valence-corrected chi connectivity index (χ3v) is 3.17. The summed E-state index contributed by atoms with van der Waals surface area (Å²) in [5.74, 6) is 0.427. The summed E-state index contributed by atoms with van der Waals surface area (Å²) in [6.45, 7) is 4.29. The molecule has 0 radical (unpaired) electrons. The number of ether oxygens (including phenoxy) is 1. The van der Waals surface area contributed by atoms with E-state index >= 15 is 0 Å². The molecule has 1 rings (SSSR count). The maximum atomic E-state index is 11.1. The van der Waals surface area contributed by atoms with Crippen LogP contribution in [0.2, 0.25) is 5.02 Å². The first-order chi connectivity index (χ1) is 7.80. The molecule has 0 saturated heterocycles. The first kappa shape index (κ1) is 14.0. The molecule has 17 heavy (non-hydrogen) atoms. The fourth-order valence-electron chi connectivity index (χ4n) is 1.07. The molecule has 6 heteroatoms. The van der Waals surface area contributed by atoms with Crippen LogP contribution < -0.4 is 9.88 Å². The number of hydrogen-bond donors (Lipinski definition) is 1. The van der Waals surface area contributed by atoms with E-state index in [1.807, 2.05) is 19.9 Å². The Morgan fingerprint density at radius 3 is 2.59 bits per heavy atom. The monoisotopic (exact) mass is 275 g/mol. The second kappa shape index (κ2) is 5.53. The summed E-state index contributed by atoms with van der Waals surface area (Å²) in [7, 11) is -3.73. The summed E-state index contributed by atoms with van der Waals surface area (Å²) in [6.07, 6.45) is 1.89. The summed E-state index contributed by atoms with van der Waals surface area (Å²) in [4.78, 5) is -0.0305. The van der Waals surface area contributed by atoms with Crippen LogP contribution in [0.3, 0.4) is 0 Å². The van der Waals surface area contributed by atoms with Crippen LogP contribution in [0.25, 0.3) is 0 Å². The van der Waals surface area contributed by atoms with Crippen molar-refractivity contribution in [3.05, 3.63) is 34.9 Å². The number of hydrogen-bond acceptors (Lipinski definition) is 3. The standard InChI is InChI=1S/C11H14ClNO3S/c1-8(2)5-6-16-11-4-3-9(7-10(11)12)17(13,14)15/h3-5,7H,6H2,1-2H3,(H2,13,14,15). The number of primary sulfonamides is 1. The minimum Gasteiger partial charge on any atom is -0.488 e. The zero-order chi connectivity index (χ0) is 13.1. The van der Waals surface area contributed by atoms with Gasteiger partial charge in [-0.15, -0.1) is 0 Å². The van der Waals surface area contributed by atoms with Gasteiger partial charge in [-0.3, -0.25) is 0 Å². The molecule has 0 aromatic heterocycles. The summed E-state index contributed by atoms with van der Waals surface area (Å²) >= 11 is 5.89. The highest BCUT2D eigenvalue weighted by Gasteiger charge is 2.10. The SMILES string of the molecule is CC(C)=CCOc1ccc(S(N)(=O)=O)cc1Cl. The number of allylic oxidation sites excluding steroid dienone is 1. The van der Waals surface area contributed by atoms with Crippen LogP contribution in [0.5, 0.6) is 5.75 Å². The van der Waals surface area contributed by atoms with E-state index in [1.165, 1.54) is 18.2 Å². The predicted molar refractivity (Wildman–Crippen MR) is 67.8 cm³/mol. The van der Waals surface area contributed by atoms with Crippen LogP contribution in [-0.2, 0) is 10.0 Å². The molecule has 4 nitrogen and oxygen atoms in total. The summed E-state index contributed by atoms with van der Waals surface area (Å²) < 4.78 is 27.5. The fraction of sp³-hybridized carbons (Fsp3) is 0.273. The van der Waals surface area contributed by atoms with Gasteiger partial charge in [0.2, 0.25) is 10.0 Å². The lowest BCUT2D eigenvalue weighted by Crippen LogP contribution is -2.12. The highest BCUT2D eigenvalue weighted by Crippen LogP contribution is 2.26. The van der Waals surface area contributed by atoms with Crippen molar-refractivity contribution in [3.63, 3.8) is 0 Å². The van der Waals surface area contributed by atoms with Gasteiger partial charge in [-0.2, -0.15) is 0 Å². The number of nitrogens with two attached hydrogens (primary N) is 1. The van der Waals surface area contributed by atoms with E-state index < -0.39 is 10.0 Å². The molecule has 0 saturated carbocycles. The molecular weight excluding hydrogens is 262 g/mol. The van der Waals surface area contributed by atoms with Crippen molar-refractivity contribution >= 4 is 21.6 Å². The Balaban J connectivity index is 2.88. The molecule has 0 spiro atoms. The Morgan fingerprint density at radius 1 is 1.47 bits per heavy atom. The van der Waals surface area contributed by atoms with Crippen molar-refractivity contribution in [3.8, 4) is 5.75 Å². The Morgan fingerprint density at radius 2 is 2.12 bits per heavy atom. The summed E-state index contributed by atoms with van der Waals surface area (Å²) in [5, 5.41) is 5.20. The first-order valence-corrected chi connectivity index (χ1v) is 6.81. The van der Waals surface area contributed by atoms with Crippen molar-refractivity contribution in [1.82, 2.24) is 0 Å². The molecular formula is C11H14ClNO3S. The van der Waals surface area contributed by atoms with Gasteiger partial charge in [-0.1, -0.05) is 17.2 Å². The van der Waals surface area contributed by atoms with E-state index in [-0.39, 0.29) is 9.92 Å². The lowest BCUT2D eigenvalue weighted by Gasteiger charge is -2.07. The average Bonchev–Trinajstić information content (AvgIpc) is 2.18. The molecule has 0 bridgehead atoms. The van der Waals surface area contributed by atoms with Crippen molar-refractivity contribution in [2.24, 2.45) is 5.14 Å². The van der Waals surface area contributed by atoms with Crippen LogP contribution in [0.1, 0.15) is 13.8 Å². The third kappa shape index (κ3) is 4.38.